The highest BCUT2D eigenvalue weighted by molar-refractivity contribution is 7.99. The van der Waals surface area contributed by atoms with Crippen LogP contribution >= 0.6 is 23.4 Å². The number of carbonyl (C=O) groups is 2. The van der Waals surface area contributed by atoms with Crippen molar-refractivity contribution in [3.63, 3.8) is 0 Å². The smallest absolute Gasteiger partial charge is 0.234 e. The van der Waals surface area contributed by atoms with Gasteiger partial charge in [0.05, 0.1) is 12.9 Å². The van der Waals surface area contributed by atoms with Crippen LogP contribution in [0.25, 0.3) is 23.2 Å². The largest absolute Gasteiger partial charge is 0.497 e. The molecule has 0 atom stereocenters. The van der Waals surface area contributed by atoms with Crippen LogP contribution in [0.2, 0.25) is 5.02 Å². The molecule has 4 aromatic carbocycles. The van der Waals surface area contributed by atoms with Gasteiger partial charge in [0, 0.05) is 27.5 Å². The molecule has 0 unspecified atom stereocenters. The van der Waals surface area contributed by atoms with E-state index >= 15 is 0 Å². The van der Waals surface area contributed by atoms with Crippen LogP contribution < -0.4 is 10.1 Å². The molecule has 0 aliphatic rings. The van der Waals surface area contributed by atoms with E-state index < -0.39 is 0 Å². The summed E-state index contributed by atoms with van der Waals surface area (Å²) in [5.41, 5.74) is 3.75. The summed E-state index contributed by atoms with van der Waals surface area (Å²) in [4.78, 5) is 25.3. The van der Waals surface area contributed by atoms with E-state index in [9.17, 15) is 9.59 Å². The molecule has 1 N–H and O–H groups in total. The highest BCUT2D eigenvalue weighted by Crippen LogP contribution is 2.29. The molecule has 1 amide bonds. The van der Waals surface area contributed by atoms with Gasteiger partial charge in [-0.3, -0.25) is 14.2 Å². The lowest BCUT2D eigenvalue weighted by Crippen LogP contribution is -2.14. The van der Waals surface area contributed by atoms with Crippen LogP contribution in [0.3, 0.4) is 0 Å². The molecule has 0 fully saturated rings. The van der Waals surface area contributed by atoms with Gasteiger partial charge in [0.25, 0.3) is 0 Å². The number of hydrogen-bond acceptors (Lipinski definition) is 6. The molecule has 204 valence electrons. The fourth-order valence-corrected chi connectivity index (χ4v) is 4.87. The summed E-state index contributed by atoms with van der Waals surface area (Å²) in [5, 5.41) is 12.9. The Morgan fingerprint density at radius 2 is 1.61 bits per heavy atom. The molecular formula is C32H25ClN4O3S. The third kappa shape index (κ3) is 7.11. The number of allylic oxidation sites excluding steroid dienone is 1. The number of anilines is 1. The minimum Gasteiger partial charge on any atom is -0.497 e. The number of para-hydroxylation sites is 1. The zero-order valence-corrected chi connectivity index (χ0v) is 23.6. The van der Waals surface area contributed by atoms with Crippen LogP contribution in [0.1, 0.15) is 15.9 Å². The Kier molecular flexibility index (Phi) is 8.93. The predicted molar refractivity (Wildman–Crippen MR) is 164 cm³/mol. The molecule has 0 radical (unpaired) electrons. The van der Waals surface area contributed by atoms with E-state index in [1.165, 1.54) is 17.8 Å². The van der Waals surface area contributed by atoms with Crippen molar-refractivity contribution < 1.29 is 14.3 Å². The van der Waals surface area contributed by atoms with Gasteiger partial charge in [-0.2, -0.15) is 0 Å². The average molecular weight is 581 g/mol. The van der Waals surface area contributed by atoms with Crippen LogP contribution in [-0.2, 0) is 4.79 Å². The first-order valence-corrected chi connectivity index (χ1v) is 14.0. The minimum absolute atomic E-state index is 0.123. The number of nitrogens with one attached hydrogen (secondary N) is 1. The zero-order chi connectivity index (χ0) is 28.6. The molecule has 0 bridgehead atoms. The van der Waals surface area contributed by atoms with Crippen molar-refractivity contribution >= 4 is 46.8 Å². The van der Waals surface area contributed by atoms with Gasteiger partial charge in [-0.15, -0.1) is 10.2 Å². The van der Waals surface area contributed by atoms with Crippen molar-refractivity contribution in [2.45, 2.75) is 5.16 Å². The second kappa shape index (κ2) is 13.1. The maximum absolute atomic E-state index is 12.8. The number of aromatic nitrogens is 3. The predicted octanol–water partition coefficient (Wildman–Crippen LogP) is 7.22. The quantitative estimate of drug-likeness (QED) is 0.107. The van der Waals surface area contributed by atoms with Crippen molar-refractivity contribution in [1.29, 1.82) is 0 Å². The van der Waals surface area contributed by atoms with E-state index in [2.05, 4.69) is 15.5 Å². The molecule has 0 aliphatic carbocycles. The molecule has 1 aromatic heterocycles. The van der Waals surface area contributed by atoms with Gasteiger partial charge in [0.1, 0.15) is 5.75 Å². The van der Waals surface area contributed by atoms with E-state index in [0.29, 0.717) is 27.3 Å². The Labute approximate surface area is 246 Å². The first kappa shape index (κ1) is 27.9. The molecule has 7 nitrogen and oxygen atoms in total. The lowest BCUT2D eigenvalue weighted by Gasteiger charge is -2.11. The van der Waals surface area contributed by atoms with Gasteiger partial charge in [-0.05, 0) is 84.4 Å². The molecule has 5 aromatic rings. The van der Waals surface area contributed by atoms with Gasteiger partial charge < -0.3 is 10.1 Å². The second-order valence-electron chi connectivity index (χ2n) is 8.87. The van der Waals surface area contributed by atoms with E-state index in [-0.39, 0.29) is 17.4 Å². The standard InChI is InChI=1S/C32H25ClN4O3S/c1-40-28-18-12-24(13-19-28)31-35-36-32(37(31)27-5-3-2-4-6-27)41-21-30(39)34-26-16-10-23(11-17-26)29(38)20-9-22-7-14-25(33)15-8-22/h2-20H,21H2,1H3,(H,34,39)/b20-9+. The third-order valence-electron chi connectivity index (χ3n) is 6.08. The van der Waals surface area contributed by atoms with E-state index in [1.54, 1.807) is 49.6 Å². The highest BCUT2D eigenvalue weighted by Gasteiger charge is 2.17. The van der Waals surface area contributed by atoms with Crippen molar-refractivity contribution in [3.8, 4) is 22.8 Å². The second-order valence-corrected chi connectivity index (χ2v) is 10.2. The zero-order valence-electron chi connectivity index (χ0n) is 22.0. The Bertz CT molecular complexity index is 1670. The normalized spacial score (nSPS) is 11.0. The summed E-state index contributed by atoms with van der Waals surface area (Å²) in [6.07, 6.45) is 3.25. The molecule has 1 heterocycles. The number of benzene rings is 4. The molecule has 0 saturated heterocycles. The average Bonchev–Trinajstić information content (AvgIpc) is 3.44. The fourth-order valence-electron chi connectivity index (χ4n) is 3.99. The van der Waals surface area contributed by atoms with E-state index in [0.717, 1.165) is 22.6 Å². The van der Waals surface area contributed by atoms with Gasteiger partial charge >= 0.3 is 0 Å². The molecule has 5 rings (SSSR count). The number of ether oxygens (including phenoxy) is 1. The van der Waals surface area contributed by atoms with E-state index in [1.807, 2.05) is 71.3 Å². The van der Waals surface area contributed by atoms with Crippen molar-refractivity contribution in [3.05, 3.63) is 125 Å². The molecular weight excluding hydrogens is 556 g/mol. The number of carbonyl (C=O) groups excluding carboxylic acids is 2. The number of nitrogens with zero attached hydrogens (tertiary/aromatic N) is 3. The topological polar surface area (TPSA) is 86.1 Å². The van der Waals surface area contributed by atoms with Gasteiger partial charge in [-0.1, -0.05) is 59.8 Å². The van der Waals surface area contributed by atoms with E-state index in [4.69, 9.17) is 16.3 Å². The van der Waals surface area contributed by atoms with Crippen molar-refractivity contribution in [1.82, 2.24) is 14.8 Å². The van der Waals surface area contributed by atoms with Crippen LogP contribution in [-0.4, -0.2) is 39.3 Å². The van der Waals surface area contributed by atoms with Crippen molar-refractivity contribution in [2.24, 2.45) is 0 Å². The first-order chi connectivity index (χ1) is 20.0. The van der Waals surface area contributed by atoms with Crippen LogP contribution in [0.15, 0.2) is 114 Å². The number of halogens is 1. The number of amides is 1. The lowest BCUT2D eigenvalue weighted by atomic mass is 10.1. The Morgan fingerprint density at radius 3 is 2.29 bits per heavy atom. The number of hydrogen-bond donors (Lipinski definition) is 1. The Morgan fingerprint density at radius 1 is 0.902 bits per heavy atom. The third-order valence-corrected chi connectivity index (χ3v) is 7.26. The van der Waals surface area contributed by atoms with Crippen LogP contribution in [0.4, 0.5) is 5.69 Å². The molecule has 0 spiro atoms. The summed E-state index contributed by atoms with van der Waals surface area (Å²) < 4.78 is 7.20. The van der Waals surface area contributed by atoms with Crippen LogP contribution in [0.5, 0.6) is 5.75 Å². The Balaban J connectivity index is 1.24. The van der Waals surface area contributed by atoms with Gasteiger partial charge in [0.2, 0.25) is 5.91 Å². The number of ketones is 1. The summed E-state index contributed by atoms with van der Waals surface area (Å²) in [6, 6.07) is 31.3. The number of thioether (sulfide) groups is 1. The number of methoxy groups -OCH3 is 1. The minimum atomic E-state index is -0.203. The fraction of sp³-hybridized carbons (Fsp3) is 0.0625. The van der Waals surface area contributed by atoms with Gasteiger partial charge in [0.15, 0.2) is 16.8 Å². The molecule has 0 aliphatic heterocycles. The first-order valence-electron chi connectivity index (χ1n) is 12.7. The monoisotopic (exact) mass is 580 g/mol. The number of rotatable bonds is 10. The maximum atomic E-state index is 12.8. The molecule has 9 heteroatoms. The van der Waals surface area contributed by atoms with Gasteiger partial charge in [-0.25, -0.2) is 0 Å². The SMILES string of the molecule is COc1ccc(-c2nnc(SCC(=O)Nc3ccc(C(=O)/C=C/c4ccc(Cl)cc4)cc3)n2-c2ccccc2)cc1. The molecule has 0 saturated carbocycles. The summed E-state index contributed by atoms with van der Waals surface area (Å²) >= 11 is 7.19. The van der Waals surface area contributed by atoms with Crippen molar-refractivity contribution in [2.75, 3.05) is 18.2 Å². The maximum Gasteiger partial charge on any atom is 0.234 e. The summed E-state index contributed by atoms with van der Waals surface area (Å²) in [6.45, 7) is 0. The summed E-state index contributed by atoms with van der Waals surface area (Å²) in [7, 11) is 1.62. The molecule has 41 heavy (non-hydrogen) atoms. The van der Waals surface area contributed by atoms with Crippen LogP contribution in [0, 0.1) is 0 Å². The Hall–Kier alpha value is -4.66. The summed E-state index contributed by atoms with van der Waals surface area (Å²) in [5.74, 6) is 1.19. The lowest BCUT2D eigenvalue weighted by molar-refractivity contribution is -0.113. The highest BCUT2D eigenvalue weighted by atomic mass is 35.5.